The van der Waals surface area contributed by atoms with Crippen LogP contribution in [0.15, 0.2) is 23.1 Å². The zero-order valence-electron chi connectivity index (χ0n) is 12.4. The molecule has 0 saturated heterocycles. The van der Waals surface area contributed by atoms with Gasteiger partial charge in [0.2, 0.25) is 0 Å². The molecule has 102 valence electrons. The smallest absolute Gasteiger partial charge is 0.257 e. The third kappa shape index (κ3) is 3.26. The second-order valence-electron chi connectivity index (χ2n) is 5.79. The molecule has 0 aliphatic rings. The molecule has 0 spiro atoms. The molecule has 18 heavy (non-hydrogen) atoms. The van der Waals surface area contributed by atoms with Crippen LogP contribution in [0.1, 0.15) is 47.1 Å². The molecule has 0 unspecified atom stereocenters. The van der Waals surface area contributed by atoms with Crippen molar-refractivity contribution < 1.29 is 4.43 Å². The summed E-state index contributed by atoms with van der Waals surface area (Å²) in [4.78, 5) is 0. The summed E-state index contributed by atoms with van der Waals surface area (Å²) in [5, 5.41) is 4.24. The second-order valence-corrected chi connectivity index (χ2v) is 12.0. The lowest BCUT2D eigenvalue weighted by atomic mass is 10.3. The highest BCUT2D eigenvalue weighted by Gasteiger charge is 2.46. The van der Waals surface area contributed by atoms with Crippen molar-refractivity contribution in [2.75, 3.05) is 0 Å². The zero-order valence-corrected chi connectivity index (χ0v) is 14.3. The van der Waals surface area contributed by atoms with E-state index in [9.17, 15) is 0 Å². The molecule has 0 saturated carbocycles. The van der Waals surface area contributed by atoms with Crippen LogP contribution in [0.3, 0.4) is 0 Å². The van der Waals surface area contributed by atoms with E-state index < -0.39 is 8.32 Å². The highest BCUT2D eigenvalue weighted by Crippen LogP contribution is 2.42. The van der Waals surface area contributed by atoms with Gasteiger partial charge in [-0.3, -0.25) is 0 Å². The van der Waals surface area contributed by atoms with Crippen molar-refractivity contribution in [2.24, 2.45) is 0 Å². The Hall–Kier alpha value is -0.543. The summed E-state index contributed by atoms with van der Waals surface area (Å²) >= 11 is 1.72. The molecule has 1 rings (SSSR count). The van der Waals surface area contributed by atoms with E-state index in [4.69, 9.17) is 4.43 Å². The van der Waals surface area contributed by atoms with E-state index in [-0.39, 0.29) is 0 Å². The average molecular weight is 283 g/mol. The summed E-state index contributed by atoms with van der Waals surface area (Å²) < 4.78 is 6.35. The van der Waals surface area contributed by atoms with Gasteiger partial charge in [0.25, 0.3) is 8.32 Å². The van der Waals surface area contributed by atoms with Gasteiger partial charge in [-0.25, -0.2) is 0 Å². The lowest BCUT2D eigenvalue weighted by Crippen LogP contribution is -2.46. The van der Waals surface area contributed by atoms with Gasteiger partial charge in [-0.2, -0.15) is 11.3 Å². The van der Waals surface area contributed by atoms with E-state index in [1.807, 2.05) is 6.26 Å². The van der Waals surface area contributed by atoms with Crippen molar-refractivity contribution in [3.63, 3.8) is 0 Å². The predicted molar refractivity (Wildman–Crippen MR) is 85.5 cm³/mol. The lowest BCUT2D eigenvalue weighted by Gasteiger charge is -2.41. The maximum Gasteiger partial charge on any atom is 0.257 e. The van der Waals surface area contributed by atoms with Crippen LogP contribution in [-0.2, 0) is 4.43 Å². The standard InChI is InChI=1S/C15H26OSSi/c1-12(2)18(13(3)4,14(5)6)16-9-7-15-8-10-17-11-15/h7-14H,1-6H3. The van der Waals surface area contributed by atoms with Gasteiger partial charge in [0.1, 0.15) is 0 Å². The third-order valence-electron chi connectivity index (χ3n) is 3.78. The number of rotatable bonds is 6. The van der Waals surface area contributed by atoms with Gasteiger partial charge in [0.05, 0.1) is 6.26 Å². The van der Waals surface area contributed by atoms with Gasteiger partial charge < -0.3 is 4.43 Å². The lowest BCUT2D eigenvalue weighted by molar-refractivity contribution is 0.419. The summed E-state index contributed by atoms with van der Waals surface area (Å²) in [5.41, 5.74) is 3.12. The molecule has 1 heterocycles. The molecule has 1 aromatic rings. The number of thiophene rings is 1. The Balaban J connectivity index is 2.85. The van der Waals surface area contributed by atoms with Crippen molar-refractivity contribution in [3.05, 3.63) is 28.7 Å². The van der Waals surface area contributed by atoms with Crippen LogP contribution in [0.4, 0.5) is 0 Å². The predicted octanol–water partition coefficient (Wildman–Crippen LogP) is 5.91. The molecule has 0 N–H and O–H groups in total. The first kappa shape index (κ1) is 15.5. The Labute approximate surface area is 117 Å². The summed E-state index contributed by atoms with van der Waals surface area (Å²) in [7, 11) is -1.74. The first-order chi connectivity index (χ1) is 8.41. The molecular weight excluding hydrogens is 256 g/mol. The summed E-state index contributed by atoms with van der Waals surface area (Å²) in [6.45, 7) is 13.9. The molecule has 0 aliphatic heterocycles. The third-order valence-corrected chi connectivity index (χ3v) is 10.4. The summed E-state index contributed by atoms with van der Waals surface area (Å²) in [6.07, 6.45) is 4.03. The Morgan fingerprint density at radius 3 is 2.00 bits per heavy atom. The molecule has 3 heteroatoms. The first-order valence-electron chi connectivity index (χ1n) is 6.77. The highest BCUT2D eigenvalue weighted by atomic mass is 32.1. The molecule has 0 amide bonds. The Morgan fingerprint density at radius 2 is 1.61 bits per heavy atom. The van der Waals surface area contributed by atoms with Crippen molar-refractivity contribution in [1.82, 2.24) is 0 Å². The van der Waals surface area contributed by atoms with Crippen LogP contribution in [0.2, 0.25) is 16.6 Å². The van der Waals surface area contributed by atoms with E-state index >= 15 is 0 Å². The fraction of sp³-hybridized carbons (Fsp3) is 0.600. The van der Waals surface area contributed by atoms with Gasteiger partial charge in [-0.05, 0) is 45.1 Å². The molecule has 0 aliphatic carbocycles. The van der Waals surface area contributed by atoms with Gasteiger partial charge >= 0.3 is 0 Å². The van der Waals surface area contributed by atoms with Crippen LogP contribution in [0.5, 0.6) is 0 Å². The van der Waals surface area contributed by atoms with E-state index in [1.54, 1.807) is 11.3 Å². The summed E-state index contributed by atoms with van der Waals surface area (Å²) in [5.74, 6) is 0. The minimum atomic E-state index is -1.74. The summed E-state index contributed by atoms with van der Waals surface area (Å²) in [6, 6.07) is 2.12. The van der Waals surface area contributed by atoms with Gasteiger partial charge in [-0.15, -0.1) is 0 Å². The molecular formula is C15H26OSSi. The normalized spacial score (nSPS) is 13.2. The minimum absolute atomic E-state index is 0.629. The maximum atomic E-state index is 6.35. The van der Waals surface area contributed by atoms with E-state index in [0.29, 0.717) is 16.6 Å². The van der Waals surface area contributed by atoms with Crippen LogP contribution in [-0.4, -0.2) is 8.32 Å². The zero-order chi connectivity index (χ0) is 13.8. The van der Waals surface area contributed by atoms with Crippen LogP contribution in [0.25, 0.3) is 6.08 Å². The number of hydrogen-bond donors (Lipinski definition) is 0. The Kier molecular flexibility index (Phi) is 5.67. The molecule has 0 atom stereocenters. The SMILES string of the molecule is CC(C)[Si](OC=Cc1ccsc1)(C(C)C)C(C)C. The molecule has 1 aromatic heterocycles. The van der Waals surface area contributed by atoms with Crippen LogP contribution >= 0.6 is 11.3 Å². The van der Waals surface area contributed by atoms with Crippen molar-refractivity contribution in [1.29, 1.82) is 0 Å². The van der Waals surface area contributed by atoms with Crippen molar-refractivity contribution >= 4 is 25.7 Å². The van der Waals surface area contributed by atoms with E-state index in [2.05, 4.69) is 64.4 Å². The Bertz CT molecular complexity index is 344. The molecule has 0 radical (unpaired) electrons. The van der Waals surface area contributed by atoms with Gasteiger partial charge in [0, 0.05) is 0 Å². The maximum absolute atomic E-state index is 6.35. The molecule has 0 bridgehead atoms. The Morgan fingerprint density at radius 1 is 1.06 bits per heavy atom. The first-order valence-corrected chi connectivity index (χ1v) is 9.86. The molecule has 0 fully saturated rings. The van der Waals surface area contributed by atoms with E-state index in [1.165, 1.54) is 5.56 Å². The topological polar surface area (TPSA) is 9.23 Å². The minimum Gasteiger partial charge on any atom is -0.548 e. The van der Waals surface area contributed by atoms with Gasteiger partial charge in [0.15, 0.2) is 0 Å². The fourth-order valence-corrected chi connectivity index (χ4v) is 8.76. The largest absolute Gasteiger partial charge is 0.548 e. The van der Waals surface area contributed by atoms with Crippen molar-refractivity contribution in [2.45, 2.75) is 58.2 Å². The molecule has 1 nitrogen and oxygen atoms in total. The van der Waals surface area contributed by atoms with Gasteiger partial charge in [-0.1, -0.05) is 41.5 Å². The monoisotopic (exact) mass is 282 g/mol. The fourth-order valence-electron chi connectivity index (χ4n) is 3.01. The van der Waals surface area contributed by atoms with Crippen molar-refractivity contribution in [3.8, 4) is 0 Å². The van der Waals surface area contributed by atoms with Crippen LogP contribution in [0, 0.1) is 0 Å². The quantitative estimate of drug-likeness (QED) is 0.465. The number of hydrogen-bond acceptors (Lipinski definition) is 2. The second kappa shape index (κ2) is 6.57. The van der Waals surface area contributed by atoms with E-state index in [0.717, 1.165) is 0 Å². The highest BCUT2D eigenvalue weighted by molar-refractivity contribution is 7.08. The average Bonchev–Trinajstić information content (AvgIpc) is 2.75. The molecule has 0 aromatic carbocycles. The van der Waals surface area contributed by atoms with Crippen LogP contribution < -0.4 is 0 Å².